The molecule has 1 aliphatic carbocycles. The van der Waals surface area contributed by atoms with Crippen molar-refractivity contribution in [1.82, 2.24) is 0 Å². The van der Waals surface area contributed by atoms with Crippen molar-refractivity contribution in [2.24, 2.45) is 0 Å². The van der Waals surface area contributed by atoms with E-state index >= 15 is 43.9 Å². The molecule has 0 saturated carbocycles. The Morgan fingerprint density at radius 2 is 0.906 bits per heavy atom. The average molecular weight is 775 g/mol. The molecule has 1 aliphatic rings. The van der Waals surface area contributed by atoms with Crippen molar-refractivity contribution in [2.45, 2.75) is 20.3 Å². The van der Waals surface area contributed by atoms with E-state index in [0.717, 1.165) is 13.8 Å². The Morgan fingerprint density at radius 1 is 0.415 bits per heavy atom. The maximum Gasteiger partial charge on any atom is 0.195 e. The van der Waals surface area contributed by atoms with Crippen LogP contribution in [-0.2, 0) is 6.42 Å². The molecule has 0 atom stereocenters. The predicted molar refractivity (Wildman–Crippen MR) is 180 cm³/mol. The molecule has 0 unspecified atom stereocenters. The Kier molecular flexibility index (Phi) is 7.14. The first kappa shape index (κ1) is 33.7. The molecule has 0 N–H and O–H groups in total. The van der Waals surface area contributed by atoms with E-state index in [1.165, 1.54) is 30.3 Å². The molecule has 0 radical (unpaired) electrons. The van der Waals surface area contributed by atoms with Crippen molar-refractivity contribution >= 4 is 63.0 Å². The van der Waals surface area contributed by atoms with Crippen LogP contribution < -0.4 is 0 Å². The van der Waals surface area contributed by atoms with Gasteiger partial charge < -0.3 is 0 Å². The summed E-state index contributed by atoms with van der Waals surface area (Å²) in [5.74, 6) is -19.9. The number of benzene rings is 6. The summed E-state index contributed by atoms with van der Waals surface area (Å²) in [7, 11) is 0. The van der Waals surface area contributed by atoms with Crippen molar-refractivity contribution in [3.8, 4) is 33.4 Å². The fourth-order valence-corrected chi connectivity index (χ4v) is 9.99. The highest BCUT2D eigenvalue weighted by atomic mass is 32.1. The second-order valence-electron chi connectivity index (χ2n) is 12.7. The van der Waals surface area contributed by atoms with Gasteiger partial charge in [0.05, 0.1) is 9.40 Å². The lowest BCUT2D eigenvalue weighted by atomic mass is 9.93. The van der Waals surface area contributed by atoms with E-state index in [9.17, 15) is 8.78 Å². The third-order valence-corrected chi connectivity index (χ3v) is 12.4. The quantitative estimate of drug-likeness (QED) is 0.0932. The molecule has 0 aliphatic heterocycles. The van der Waals surface area contributed by atoms with Crippen LogP contribution in [0.1, 0.15) is 22.3 Å². The summed E-state index contributed by atoms with van der Waals surface area (Å²) in [4.78, 5) is 0. The summed E-state index contributed by atoms with van der Waals surface area (Å²) in [6, 6.07) is 8.52. The van der Waals surface area contributed by atoms with Gasteiger partial charge in [0, 0.05) is 53.2 Å². The molecule has 53 heavy (non-hydrogen) atoms. The summed E-state index contributed by atoms with van der Waals surface area (Å²) in [5.41, 5.74) is -1.17. The number of fused-ring (bicyclic) bond motifs is 9. The molecular weight excluding hydrogens is 761 g/mol. The number of rotatable bonds is 2. The van der Waals surface area contributed by atoms with E-state index in [0.29, 0.717) is 44.9 Å². The summed E-state index contributed by atoms with van der Waals surface area (Å²) in [5, 5.41) is -3.28. The first-order valence-electron chi connectivity index (χ1n) is 15.5. The van der Waals surface area contributed by atoms with Crippen LogP contribution in [-0.4, -0.2) is 0 Å². The summed E-state index contributed by atoms with van der Waals surface area (Å²) >= 11 is 0.739. The van der Waals surface area contributed by atoms with Gasteiger partial charge in [-0.05, 0) is 59.7 Å². The predicted octanol–water partition coefficient (Wildman–Crippen LogP) is 13.6. The molecular formula is C39H14F12S2. The third kappa shape index (κ3) is 4.21. The molecule has 6 aromatic carbocycles. The van der Waals surface area contributed by atoms with Crippen LogP contribution in [0, 0.1) is 83.7 Å². The maximum absolute atomic E-state index is 15.9. The molecule has 0 amide bonds. The Hall–Kier alpha value is -5.08. The topological polar surface area (TPSA) is 0 Å². The zero-order valence-corrected chi connectivity index (χ0v) is 28.2. The van der Waals surface area contributed by atoms with Crippen molar-refractivity contribution < 1.29 is 52.7 Å². The van der Waals surface area contributed by atoms with Gasteiger partial charge in [0.15, 0.2) is 58.2 Å². The van der Waals surface area contributed by atoms with Gasteiger partial charge in [-0.2, -0.15) is 0 Å². The van der Waals surface area contributed by atoms with Crippen LogP contribution in [0.15, 0.2) is 36.4 Å². The molecule has 0 spiro atoms. The lowest BCUT2D eigenvalue weighted by Crippen LogP contribution is -1.99. The van der Waals surface area contributed by atoms with Gasteiger partial charge >= 0.3 is 0 Å². The standard InChI is InChI=1S/C39H14F12S2/c1-10-24(40)20-21-31(47)33(49)28(44)18(36(21)52-39(20)35(51)26(10)42)13-7-6-12-8-17-14(16(12)9-13)4-3-5-15(17)19-29(45)34(50)32(48)22-23-30(46)25(41)11(2)27(43)38(23)53-37(19)22/h3-7,9H,8H2,1-2H3. The smallest absolute Gasteiger partial charge is 0.195 e. The first-order chi connectivity index (χ1) is 25.1. The fraction of sp³-hybridized carbons (Fsp3) is 0.0769. The molecule has 2 aromatic heterocycles. The minimum atomic E-state index is -2.01. The van der Waals surface area contributed by atoms with Gasteiger partial charge in [-0.3, -0.25) is 0 Å². The van der Waals surface area contributed by atoms with Crippen LogP contribution in [0.5, 0.6) is 0 Å². The van der Waals surface area contributed by atoms with Crippen LogP contribution in [0.4, 0.5) is 52.7 Å². The molecule has 0 saturated heterocycles. The Morgan fingerprint density at radius 3 is 1.57 bits per heavy atom. The van der Waals surface area contributed by atoms with Crippen LogP contribution in [0.2, 0.25) is 0 Å². The average Bonchev–Trinajstić information content (AvgIpc) is 3.85. The molecule has 9 rings (SSSR count). The third-order valence-electron chi connectivity index (χ3n) is 9.96. The van der Waals surface area contributed by atoms with Gasteiger partial charge in [-0.15, -0.1) is 22.7 Å². The van der Waals surface area contributed by atoms with Crippen LogP contribution in [0.25, 0.3) is 73.7 Å². The first-order valence-corrected chi connectivity index (χ1v) is 17.2. The zero-order chi connectivity index (χ0) is 37.7. The minimum absolute atomic E-state index is 0.00986. The van der Waals surface area contributed by atoms with Crippen molar-refractivity contribution in [3.63, 3.8) is 0 Å². The molecule has 0 fully saturated rings. The molecule has 0 nitrogen and oxygen atoms in total. The van der Waals surface area contributed by atoms with Gasteiger partial charge in [-0.1, -0.05) is 30.3 Å². The van der Waals surface area contributed by atoms with Crippen molar-refractivity contribution in [1.29, 1.82) is 0 Å². The highest BCUT2D eigenvalue weighted by Gasteiger charge is 2.34. The Bertz CT molecular complexity index is 3030. The Labute approximate surface area is 297 Å². The molecule has 0 bridgehead atoms. The number of thiophene rings is 2. The lowest BCUT2D eigenvalue weighted by molar-refractivity contribution is 0.455. The molecule has 266 valence electrons. The monoisotopic (exact) mass is 774 g/mol. The summed E-state index contributed by atoms with van der Waals surface area (Å²) in [6.07, 6.45) is 0.00986. The largest absolute Gasteiger partial charge is 0.206 e. The van der Waals surface area contributed by atoms with E-state index < -0.39 is 132 Å². The Balaban J connectivity index is 1.29. The summed E-state index contributed by atoms with van der Waals surface area (Å²) < 4.78 is 180. The van der Waals surface area contributed by atoms with Crippen LogP contribution >= 0.6 is 22.7 Å². The van der Waals surface area contributed by atoms with E-state index in [2.05, 4.69) is 0 Å². The van der Waals surface area contributed by atoms with E-state index in [4.69, 9.17) is 0 Å². The number of halogens is 12. The van der Waals surface area contributed by atoms with Gasteiger partial charge in [0.2, 0.25) is 0 Å². The van der Waals surface area contributed by atoms with Gasteiger partial charge in [0.1, 0.15) is 11.6 Å². The molecule has 8 aromatic rings. The van der Waals surface area contributed by atoms with Crippen molar-refractivity contribution in [2.75, 3.05) is 0 Å². The van der Waals surface area contributed by atoms with E-state index in [1.54, 1.807) is 6.07 Å². The highest BCUT2D eigenvalue weighted by molar-refractivity contribution is 7.26. The maximum atomic E-state index is 15.9. The minimum Gasteiger partial charge on any atom is -0.206 e. The lowest BCUT2D eigenvalue weighted by Gasteiger charge is -2.13. The second-order valence-corrected chi connectivity index (χ2v) is 14.7. The highest BCUT2D eigenvalue weighted by Crippen LogP contribution is 2.52. The van der Waals surface area contributed by atoms with E-state index in [1.807, 2.05) is 0 Å². The normalized spacial score (nSPS) is 12.6. The number of hydrogen-bond donors (Lipinski definition) is 0. The zero-order valence-electron chi connectivity index (χ0n) is 26.5. The van der Waals surface area contributed by atoms with Crippen LogP contribution in [0.3, 0.4) is 0 Å². The second kappa shape index (κ2) is 11.2. The van der Waals surface area contributed by atoms with Gasteiger partial charge in [0.25, 0.3) is 0 Å². The number of hydrogen-bond acceptors (Lipinski definition) is 2. The SMILES string of the molecule is Cc1c(F)c(F)c2c(sc3c(-c4cccc5c4Cc4ccc(-c6c(F)c(F)c(F)c7c6sc6c(F)c(F)c(C)c(F)c67)cc4-5)c(F)c(F)c(F)c32)c1F. The molecule has 14 heteroatoms. The van der Waals surface area contributed by atoms with Crippen molar-refractivity contribution in [3.05, 3.63) is 128 Å². The fourth-order valence-electron chi connectivity index (χ4n) is 7.37. The van der Waals surface area contributed by atoms with E-state index in [-0.39, 0.29) is 17.5 Å². The summed E-state index contributed by atoms with van der Waals surface area (Å²) in [6.45, 7) is 1.87. The molecule has 2 heterocycles. The van der Waals surface area contributed by atoms with Gasteiger partial charge in [-0.25, -0.2) is 52.7 Å².